The summed E-state index contributed by atoms with van der Waals surface area (Å²) in [5.41, 5.74) is 3.03. The smallest absolute Gasteiger partial charge is 0.260 e. The van der Waals surface area contributed by atoms with E-state index in [9.17, 15) is 4.79 Å². The van der Waals surface area contributed by atoms with E-state index >= 15 is 0 Å². The number of thioether (sulfide) groups is 1. The lowest BCUT2D eigenvalue weighted by Crippen LogP contribution is -2.44. The van der Waals surface area contributed by atoms with E-state index in [1.165, 1.54) is 17.4 Å². The summed E-state index contributed by atoms with van der Waals surface area (Å²) in [6.07, 6.45) is 3.48. The Balaban J connectivity index is 1.51. The van der Waals surface area contributed by atoms with Crippen LogP contribution in [0.3, 0.4) is 0 Å². The average Bonchev–Trinajstić information content (AvgIpc) is 3.29. The third-order valence-corrected chi connectivity index (χ3v) is 5.89. The van der Waals surface area contributed by atoms with Gasteiger partial charge < -0.3 is 19.5 Å². The van der Waals surface area contributed by atoms with Crippen LogP contribution >= 0.6 is 11.8 Å². The number of nitrogens with zero attached hydrogens (tertiary/aromatic N) is 4. The highest BCUT2D eigenvalue weighted by Gasteiger charge is 2.20. The summed E-state index contributed by atoms with van der Waals surface area (Å²) in [4.78, 5) is 26.7. The highest BCUT2D eigenvalue weighted by atomic mass is 32.2. The number of furan rings is 1. The second-order valence-electron chi connectivity index (χ2n) is 7.29. The molecule has 0 saturated carbocycles. The van der Waals surface area contributed by atoms with Crippen LogP contribution in [0.15, 0.2) is 52.1 Å². The SMILES string of the molecule is CSc1nc(-c2ccco2)nc(C)c1C(=O)Nc1ccc(N2CCN(C)CC2)cc1. The van der Waals surface area contributed by atoms with E-state index in [0.717, 1.165) is 31.9 Å². The van der Waals surface area contributed by atoms with Gasteiger partial charge >= 0.3 is 0 Å². The number of piperazine rings is 1. The zero-order chi connectivity index (χ0) is 21.1. The van der Waals surface area contributed by atoms with Gasteiger partial charge in [-0.3, -0.25) is 4.79 Å². The van der Waals surface area contributed by atoms with E-state index in [0.29, 0.717) is 27.9 Å². The predicted molar refractivity (Wildman–Crippen MR) is 120 cm³/mol. The molecule has 1 aromatic carbocycles. The quantitative estimate of drug-likeness (QED) is 0.495. The molecule has 1 aliphatic rings. The standard InChI is InChI=1S/C22H25N5O2S/c1-15-19(22(30-3)25-20(23-15)18-5-4-14-29-18)21(28)24-16-6-8-17(9-7-16)27-12-10-26(2)11-13-27/h4-9,14H,10-13H2,1-3H3,(H,24,28). The lowest BCUT2D eigenvalue weighted by Gasteiger charge is -2.34. The number of hydrogen-bond donors (Lipinski definition) is 1. The molecule has 0 bridgehead atoms. The van der Waals surface area contributed by atoms with E-state index in [-0.39, 0.29) is 5.91 Å². The molecule has 0 unspecified atom stereocenters. The fourth-order valence-electron chi connectivity index (χ4n) is 3.49. The van der Waals surface area contributed by atoms with Crippen molar-refractivity contribution in [3.8, 4) is 11.6 Å². The van der Waals surface area contributed by atoms with Crippen LogP contribution in [0.2, 0.25) is 0 Å². The van der Waals surface area contributed by atoms with Gasteiger partial charge in [0.2, 0.25) is 0 Å². The van der Waals surface area contributed by atoms with Gasteiger partial charge in [-0.1, -0.05) is 0 Å². The first-order valence-electron chi connectivity index (χ1n) is 9.86. The third kappa shape index (κ3) is 4.34. The molecule has 1 aliphatic heterocycles. The van der Waals surface area contributed by atoms with Crippen LogP contribution in [-0.4, -0.2) is 60.3 Å². The second kappa shape index (κ2) is 8.89. The lowest BCUT2D eigenvalue weighted by molar-refractivity contribution is 0.102. The van der Waals surface area contributed by atoms with Crippen molar-refractivity contribution >= 4 is 29.0 Å². The summed E-state index contributed by atoms with van der Waals surface area (Å²) >= 11 is 1.42. The summed E-state index contributed by atoms with van der Waals surface area (Å²) in [7, 11) is 2.14. The summed E-state index contributed by atoms with van der Waals surface area (Å²) < 4.78 is 5.40. The van der Waals surface area contributed by atoms with E-state index in [1.54, 1.807) is 18.4 Å². The van der Waals surface area contributed by atoms with E-state index in [4.69, 9.17) is 4.42 Å². The number of carbonyl (C=O) groups excluding carboxylic acids is 1. The van der Waals surface area contributed by atoms with Crippen LogP contribution in [0.5, 0.6) is 0 Å². The van der Waals surface area contributed by atoms with Crippen molar-refractivity contribution in [2.75, 3.05) is 49.7 Å². The fourth-order valence-corrected chi connectivity index (χ4v) is 4.11. The Hall–Kier alpha value is -2.84. The van der Waals surface area contributed by atoms with Gasteiger partial charge in [0.25, 0.3) is 5.91 Å². The highest BCUT2D eigenvalue weighted by Crippen LogP contribution is 2.26. The third-order valence-electron chi connectivity index (χ3n) is 5.21. The van der Waals surface area contributed by atoms with Crippen molar-refractivity contribution in [1.29, 1.82) is 0 Å². The molecule has 0 spiro atoms. The number of aryl methyl sites for hydroxylation is 1. The molecule has 156 valence electrons. The molecule has 1 amide bonds. The van der Waals surface area contributed by atoms with Crippen molar-refractivity contribution in [3.05, 3.63) is 53.9 Å². The summed E-state index contributed by atoms with van der Waals surface area (Å²) in [5, 5.41) is 3.61. The van der Waals surface area contributed by atoms with Gasteiger partial charge in [0.05, 0.1) is 17.5 Å². The first-order valence-corrected chi connectivity index (χ1v) is 11.1. The summed E-state index contributed by atoms with van der Waals surface area (Å²) in [6, 6.07) is 11.6. The predicted octanol–water partition coefficient (Wildman–Crippen LogP) is 3.77. The molecule has 8 heteroatoms. The molecule has 1 saturated heterocycles. The normalized spacial score (nSPS) is 14.7. The fraction of sp³-hybridized carbons (Fsp3) is 0.318. The summed E-state index contributed by atoms with van der Waals surface area (Å²) in [5.74, 6) is 0.852. The minimum Gasteiger partial charge on any atom is -0.461 e. The van der Waals surface area contributed by atoms with Gasteiger partial charge in [-0.25, -0.2) is 9.97 Å². The maximum Gasteiger partial charge on any atom is 0.260 e. The van der Waals surface area contributed by atoms with Crippen molar-refractivity contribution in [2.24, 2.45) is 0 Å². The van der Waals surface area contributed by atoms with E-state index in [2.05, 4.69) is 44.3 Å². The molecular weight excluding hydrogens is 398 g/mol. The maximum absolute atomic E-state index is 13.0. The van der Waals surface area contributed by atoms with Crippen LogP contribution in [0.4, 0.5) is 11.4 Å². The zero-order valence-electron chi connectivity index (χ0n) is 17.4. The van der Waals surface area contributed by atoms with Crippen molar-refractivity contribution < 1.29 is 9.21 Å². The molecule has 1 fully saturated rings. The number of likely N-dealkylation sites (N-methyl/N-ethyl adjacent to an activating group) is 1. The topological polar surface area (TPSA) is 74.5 Å². The van der Waals surface area contributed by atoms with E-state index < -0.39 is 0 Å². The molecular formula is C22H25N5O2S. The molecule has 3 aromatic rings. The van der Waals surface area contributed by atoms with E-state index in [1.807, 2.05) is 25.3 Å². The summed E-state index contributed by atoms with van der Waals surface area (Å²) in [6.45, 7) is 5.96. The van der Waals surface area contributed by atoms with Crippen LogP contribution in [0.25, 0.3) is 11.6 Å². The van der Waals surface area contributed by atoms with Crippen LogP contribution < -0.4 is 10.2 Å². The largest absolute Gasteiger partial charge is 0.461 e. The Morgan fingerprint density at radius 2 is 1.83 bits per heavy atom. The Kier molecular flexibility index (Phi) is 6.06. The Morgan fingerprint density at radius 1 is 1.10 bits per heavy atom. The molecule has 0 radical (unpaired) electrons. The molecule has 0 aliphatic carbocycles. The molecule has 30 heavy (non-hydrogen) atoms. The van der Waals surface area contributed by atoms with Crippen molar-refractivity contribution in [3.63, 3.8) is 0 Å². The number of aromatic nitrogens is 2. The molecule has 4 rings (SSSR count). The molecule has 7 nitrogen and oxygen atoms in total. The van der Waals surface area contributed by atoms with Gasteiger partial charge in [0, 0.05) is 37.6 Å². The first-order chi connectivity index (χ1) is 14.5. The number of anilines is 2. The second-order valence-corrected chi connectivity index (χ2v) is 8.08. The molecule has 3 heterocycles. The first kappa shape index (κ1) is 20.4. The van der Waals surface area contributed by atoms with Crippen molar-refractivity contribution in [1.82, 2.24) is 14.9 Å². The van der Waals surface area contributed by atoms with Gasteiger partial charge in [0.15, 0.2) is 11.6 Å². The Labute approximate surface area is 180 Å². The Morgan fingerprint density at radius 3 is 2.47 bits per heavy atom. The Bertz CT molecular complexity index is 1010. The lowest BCUT2D eigenvalue weighted by atomic mass is 10.2. The number of amides is 1. The van der Waals surface area contributed by atoms with Crippen LogP contribution in [-0.2, 0) is 0 Å². The van der Waals surface area contributed by atoms with Crippen molar-refractivity contribution in [2.45, 2.75) is 11.9 Å². The minimum atomic E-state index is -0.213. The number of carbonyl (C=O) groups is 1. The van der Waals surface area contributed by atoms with Crippen LogP contribution in [0, 0.1) is 6.92 Å². The number of rotatable bonds is 5. The van der Waals surface area contributed by atoms with Crippen LogP contribution in [0.1, 0.15) is 16.1 Å². The molecule has 1 N–H and O–H groups in total. The number of nitrogens with one attached hydrogen (secondary N) is 1. The van der Waals surface area contributed by atoms with Gasteiger partial charge in [-0.15, -0.1) is 11.8 Å². The van der Waals surface area contributed by atoms with Gasteiger partial charge in [-0.05, 0) is 56.6 Å². The molecule has 2 aromatic heterocycles. The highest BCUT2D eigenvalue weighted by molar-refractivity contribution is 7.98. The number of hydrogen-bond acceptors (Lipinski definition) is 7. The number of benzene rings is 1. The average molecular weight is 424 g/mol. The van der Waals surface area contributed by atoms with Gasteiger partial charge in [-0.2, -0.15) is 0 Å². The monoisotopic (exact) mass is 423 g/mol. The molecule has 0 atom stereocenters. The minimum absolute atomic E-state index is 0.213. The van der Waals surface area contributed by atoms with Gasteiger partial charge in [0.1, 0.15) is 5.03 Å². The maximum atomic E-state index is 13.0. The zero-order valence-corrected chi connectivity index (χ0v) is 18.2.